The summed E-state index contributed by atoms with van der Waals surface area (Å²) in [6.45, 7) is 2.59. The van der Waals surface area contributed by atoms with Crippen LogP contribution in [0.3, 0.4) is 0 Å². The molecule has 0 aliphatic carbocycles. The number of nitriles is 1. The number of likely N-dealkylation sites (tertiary alicyclic amines) is 1. The molecule has 3 nitrogen and oxygen atoms in total. The molecule has 0 radical (unpaired) electrons. The second-order valence-corrected chi connectivity index (χ2v) is 4.70. The van der Waals surface area contributed by atoms with Crippen LogP contribution in [0.1, 0.15) is 18.4 Å². The van der Waals surface area contributed by atoms with Crippen molar-refractivity contribution in [2.75, 3.05) is 25.0 Å². The number of hydrogen-bond acceptors (Lipinski definition) is 3. The zero-order chi connectivity index (χ0) is 13.7. The lowest BCUT2D eigenvalue weighted by molar-refractivity contribution is 0.243. The van der Waals surface area contributed by atoms with Gasteiger partial charge in [-0.1, -0.05) is 5.92 Å². The molecule has 0 aromatic heterocycles. The summed E-state index contributed by atoms with van der Waals surface area (Å²) in [6, 6.07) is 6.59. The van der Waals surface area contributed by atoms with Crippen LogP contribution in [0, 0.1) is 29.5 Å². The summed E-state index contributed by atoms with van der Waals surface area (Å²) >= 11 is 0. The fourth-order valence-corrected chi connectivity index (χ4v) is 2.32. The number of terminal acetylenes is 1. The predicted molar refractivity (Wildman–Crippen MR) is 73.0 cm³/mol. The van der Waals surface area contributed by atoms with Gasteiger partial charge in [-0.25, -0.2) is 4.39 Å². The van der Waals surface area contributed by atoms with E-state index in [1.807, 2.05) is 6.07 Å². The van der Waals surface area contributed by atoms with E-state index in [0.29, 0.717) is 23.8 Å². The van der Waals surface area contributed by atoms with Crippen molar-refractivity contribution in [2.45, 2.75) is 18.9 Å². The molecule has 1 heterocycles. The highest BCUT2D eigenvalue weighted by molar-refractivity contribution is 5.57. The Morgan fingerprint density at radius 1 is 1.42 bits per heavy atom. The fourth-order valence-electron chi connectivity index (χ4n) is 2.32. The van der Waals surface area contributed by atoms with E-state index in [4.69, 9.17) is 11.7 Å². The molecule has 0 bridgehead atoms. The lowest BCUT2D eigenvalue weighted by Gasteiger charge is -2.31. The number of halogens is 1. The molecule has 1 aliphatic rings. The van der Waals surface area contributed by atoms with E-state index in [0.717, 1.165) is 25.9 Å². The molecule has 0 atom stereocenters. The van der Waals surface area contributed by atoms with Crippen LogP contribution in [0.5, 0.6) is 0 Å². The van der Waals surface area contributed by atoms with Gasteiger partial charge in [0.25, 0.3) is 0 Å². The van der Waals surface area contributed by atoms with Gasteiger partial charge >= 0.3 is 0 Å². The average Bonchev–Trinajstić information content (AvgIpc) is 2.43. The van der Waals surface area contributed by atoms with Crippen molar-refractivity contribution in [2.24, 2.45) is 0 Å². The van der Waals surface area contributed by atoms with Crippen LogP contribution in [-0.4, -0.2) is 30.6 Å². The predicted octanol–water partition coefficient (Wildman–Crippen LogP) is 2.21. The van der Waals surface area contributed by atoms with E-state index < -0.39 is 0 Å². The second kappa shape index (κ2) is 6.22. The first-order valence-corrected chi connectivity index (χ1v) is 6.35. The first kappa shape index (κ1) is 13.4. The van der Waals surface area contributed by atoms with Crippen LogP contribution >= 0.6 is 0 Å². The maximum atomic E-state index is 13.0. The van der Waals surface area contributed by atoms with Crippen LogP contribution in [0.4, 0.5) is 10.1 Å². The molecule has 19 heavy (non-hydrogen) atoms. The maximum absolute atomic E-state index is 13.0. The molecule has 0 saturated carbocycles. The van der Waals surface area contributed by atoms with Crippen molar-refractivity contribution in [1.29, 1.82) is 5.26 Å². The van der Waals surface area contributed by atoms with Gasteiger partial charge < -0.3 is 5.32 Å². The molecule has 1 N–H and O–H groups in total. The van der Waals surface area contributed by atoms with E-state index in [1.165, 1.54) is 12.1 Å². The van der Waals surface area contributed by atoms with E-state index in [1.54, 1.807) is 6.07 Å². The molecular formula is C15H16FN3. The Kier molecular flexibility index (Phi) is 4.39. The third kappa shape index (κ3) is 3.47. The summed E-state index contributed by atoms with van der Waals surface area (Å²) in [4.78, 5) is 2.23. The van der Waals surface area contributed by atoms with E-state index >= 15 is 0 Å². The zero-order valence-corrected chi connectivity index (χ0v) is 10.7. The fraction of sp³-hybridized carbons (Fsp3) is 0.400. The van der Waals surface area contributed by atoms with Crippen molar-refractivity contribution < 1.29 is 4.39 Å². The standard InChI is InChI=1S/C15H16FN3/c1-2-7-19-8-5-14(6-9-19)18-15-4-3-13(16)10-12(15)11-17/h1,3-4,10,14,18H,5-9H2. The van der Waals surface area contributed by atoms with Crippen LogP contribution < -0.4 is 5.32 Å². The van der Waals surface area contributed by atoms with Crippen LogP contribution in [0.15, 0.2) is 18.2 Å². The minimum Gasteiger partial charge on any atom is -0.381 e. The first-order valence-electron chi connectivity index (χ1n) is 6.35. The van der Waals surface area contributed by atoms with Crippen molar-refractivity contribution in [3.8, 4) is 18.4 Å². The highest BCUT2D eigenvalue weighted by Crippen LogP contribution is 2.20. The molecule has 0 unspecified atom stereocenters. The van der Waals surface area contributed by atoms with Gasteiger partial charge in [-0.15, -0.1) is 6.42 Å². The molecule has 2 rings (SSSR count). The summed E-state index contributed by atoms with van der Waals surface area (Å²) < 4.78 is 13.0. The molecular weight excluding hydrogens is 241 g/mol. The van der Waals surface area contributed by atoms with Crippen molar-refractivity contribution in [3.05, 3.63) is 29.6 Å². The number of hydrogen-bond donors (Lipinski definition) is 1. The van der Waals surface area contributed by atoms with E-state index in [-0.39, 0.29) is 5.82 Å². The molecule has 1 aromatic carbocycles. The smallest absolute Gasteiger partial charge is 0.124 e. The Hall–Kier alpha value is -2.04. The van der Waals surface area contributed by atoms with Crippen molar-refractivity contribution in [1.82, 2.24) is 4.90 Å². The van der Waals surface area contributed by atoms with Crippen LogP contribution in [-0.2, 0) is 0 Å². The molecule has 1 fully saturated rings. The number of anilines is 1. The summed E-state index contributed by atoms with van der Waals surface area (Å²) in [5, 5.41) is 12.3. The molecule has 0 spiro atoms. The minimum atomic E-state index is -0.383. The molecule has 1 aliphatic heterocycles. The lowest BCUT2D eigenvalue weighted by Crippen LogP contribution is -2.39. The second-order valence-electron chi connectivity index (χ2n) is 4.70. The monoisotopic (exact) mass is 257 g/mol. The summed E-state index contributed by atoms with van der Waals surface area (Å²) in [6.07, 6.45) is 7.24. The highest BCUT2D eigenvalue weighted by atomic mass is 19.1. The average molecular weight is 257 g/mol. The Morgan fingerprint density at radius 3 is 2.79 bits per heavy atom. The largest absolute Gasteiger partial charge is 0.381 e. The number of piperidine rings is 1. The maximum Gasteiger partial charge on any atom is 0.124 e. The number of rotatable bonds is 3. The number of benzene rings is 1. The summed E-state index contributed by atoms with van der Waals surface area (Å²) in [5.74, 6) is 2.26. The number of nitrogens with zero attached hydrogens (tertiary/aromatic N) is 2. The van der Waals surface area contributed by atoms with Gasteiger partial charge in [0.05, 0.1) is 17.8 Å². The third-order valence-corrected chi connectivity index (χ3v) is 3.36. The van der Waals surface area contributed by atoms with Crippen molar-refractivity contribution >= 4 is 5.69 Å². The third-order valence-electron chi connectivity index (χ3n) is 3.36. The first-order chi connectivity index (χ1) is 9.22. The minimum absolute atomic E-state index is 0.312. The Balaban J connectivity index is 1.96. The number of nitrogens with one attached hydrogen (secondary N) is 1. The molecule has 98 valence electrons. The van der Waals surface area contributed by atoms with Gasteiger partial charge in [0.1, 0.15) is 11.9 Å². The highest BCUT2D eigenvalue weighted by Gasteiger charge is 2.19. The van der Waals surface area contributed by atoms with Gasteiger partial charge in [0.15, 0.2) is 0 Å². The molecule has 0 amide bonds. The van der Waals surface area contributed by atoms with E-state index in [9.17, 15) is 4.39 Å². The van der Waals surface area contributed by atoms with Gasteiger partial charge in [-0.05, 0) is 31.0 Å². The molecule has 1 saturated heterocycles. The summed E-state index contributed by atoms with van der Waals surface area (Å²) in [5.41, 5.74) is 1.06. The molecule has 1 aromatic rings. The lowest BCUT2D eigenvalue weighted by atomic mass is 10.0. The van der Waals surface area contributed by atoms with Gasteiger partial charge in [-0.2, -0.15) is 5.26 Å². The molecule has 4 heteroatoms. The topological polar surface area (TPSA) is 39.1 Å². The Morgan fingerprint density at radius 2 is 2.16 bits per heavy atom. The quantitative estimate of drug-likeness (QED) is 0.844. The van der Waals surface area contributed by atoms with Gasteiger partial charge in [0.2, 0.25) is 0 Å². The van der Waals surface area contributed by atoms with Crippen molar-refractivity contribution in [3.63, 3.8) is 0 Å². The zero-order valence-electron chi connectivity index (χ0n) is 10.7. The Labute approximate surface area is 113 Å². The van der Waals surface area contributed by atoms with Gasteiger partial charge in [0, 0.05) is 19.1 Å². The van der Waals surface area contributed by atoms with Crippen LogP contribution in [0.2, 0.25) is 0 Å². The summed E-state index contributed by atoms with van der Waals surface area (Å²) in [7, 11) is 0. The van der Waals surface area contributed by atoms with Crippen LogP contribution in [0.25, 0.3) is 0 Å². The normalized spacial score (nSPS) is 16.6. The Bertz CT molecular complexity index is 519. The van der Waals surface area contributed by atoms with E-state index in [2.05, 4.69) is 16.1 Å². The SMILES string of the molecule is C#CCN1CCC(Nc2ccc(F)cc2C#N)CC1. The van der Waals surface area contributed by atoms with Gasteiger partial charge in [-0.3, -0.25) is 4.90 Å².